The lowest BCUT2D eigenvalue weighted by Crippen LogP contribution is -2.43. The lowest BCUT2D eigenvalue weighted by Gasteiger charge is -2.37. The SMILES string of the molecule is Cc1ccc(N2CCC(N(C)Cc3cc(-c4ccccn4)no3)CC2)cc1. The van der Waals surface area contributed by atoms with Crippen LogP contribution in [0.25, 0.3) is 11.4 Å². The van der Waals surface area contributed by atoms with Crippen LogP contribution in [0.2, 0.25) is 0 Å². The molecule has 2 aromatic heterocycles. The summed E-state index contributed by atoms with van der Waals surface area (Å²) in [5.74, 6) is 0.888. The van der Waals surface area contributed by atoms with Crippen molar-refractivity contribution in [2.45, 2.75) is 32.4 Å². The minimum atomic E-state index is 0.565. The highest BCUT2D eigenvalue weighted by Gasteiger charge is 2.23. The van der Waals surface area contributed by atoms with Gasteiger partial charge >= 0.3 is 0 Å². The molecule has 3 heterocycles. The highest BCUT2D eigenvalue weighted by molar-refractivity contribution is 5.53. The molecule has 5 nitrogen and oxygen atoms in total. The quantitative estimate of drug-likeness (QED) is 0.682. The normalized spacial score (nSPS) is 15.4. The predicted molar refractivity (Wildman–Crippen MR) is 108 cm³/mol. The van der Waals surface area contributed by atoms with Crippen LogP contribution in [-0.2, 0) is 6.54 Å². The molecular formula is C22H26N4O. The fourth-order valence-corrected chi connectivity index (χ4v) is 3.72. The van der Waals surface area contributed by atoms with Crippen molar-refractivity contribution in [1.82, 2.24) is 15.0 Å². The smallest absolute Gasteiger partial charge is 0.151 e. The van der Waals surface area contributed by atoms with Crippen molar-refractivity contribution in [3.8, 4) is 11.4 Å². The average molecular weight is 362 g/mol. The van der Waals surface area contributed by atoms with E-state index in [2.05, 4.69) is 58.2 Å². The number of pyridine rings is 1. The molecule has 0 unspecified atom stereocenters. The first kappa shape index (κ1) is 17.7. The van der Waals surface area contributed by atoms with E-state index < -0.39 is 0 Å². The molecule has 1 aliphatic heterocycles. The van der Waals surface area contributed by atoms with Crippen LogP contribution in [0.15, 0.2) is 59.3 Å². The van der Waals surface area contributed by atoms with Crippen molar-refractivity contribution in [3.63, 3.8) is 0 Å². The summed E-state index contributed by atoms with van der Waals surface area (Å²) in [6.07, 6.45) is 4.09. The minimum absolute atomic E-state index is 0.565. The highest BCUT2D eigenvalue weighted by atomic mass is 16.5. The molecule has 1 aromatic carbocycles. The topological polar surface area (TPSA) is 45.4 Å². The molecule has 1 fully saturated rings. The fourth-order valence-electron chi connectivity index (χ4n) is 3.72. The third-order valence-corrected chi connectivity index (χ3v) is 5.38. The Kier molecular flexibility index (Phi) is 5.21. The minimum Gasteiger partial charge on any atom is -0.371 e. The number of aromatic nitrogens is 2. The first-order chi connectivity index (χ1) is 13.2. The van der Waals surface area contributed by atoms with E-state index in [0.717, 1.165) is 49.6 Å². The van der Waals surface area contributed by atoms with Gasteiger partial charge in [0.1, 0.15) is 5.69 Å². The van der Waals surface area contributed by atoms with Gasteiger partial charge in [0.15, 0.2) is 5.76 Å². The second kappa shape index (κ2) is 7.92. The molecule has 0 N–H and O–H groups in total. The molecule has 27 heavy (non-hydrogen) atoms. The van der Waals surface area contributed by atoms with Gasteiger partial charge in [-0.05, 0) is 51.1 Å². The van der Waals surface area contributed by atoms with Gasteiger partial charge < -0.3 is 9.42 Å². The number of aryl methyl sites for hydroxylation is 1. The second-order valence-electron chi connectivity index (χ2n) is 7.36. The molecule has 0 bridgehead atoms. The first-order valence-electron chi connectivity index (χ1n) is 9.58. The number of hydrogen-bond acceptors (Lipinski definition) is 5. The number of piperidine rings is 1. The zero-order valence-corrected chi connectivity index (χ0v) is 16.0. The van der Waals surface area contributed by atoms with Crippen LogP contribution in [0.4, 0.5) is 5.69 Å². The molecule has 1 aliphatic rings. The third-order valence-electron chi connectivity index (χ3n) is 5.38. The summed E-state index contributed by atoms with van der Waals surface area (Å²) in [5, 5.41) is 4.17. The van der Waals surface area contributed by atoms with Gasteiger partial charge in [0.25, 0.3) is 0 Å². The van der Waals surface area contributed by atoms with Crippen LogP contribution in [0, 0.1) is 6.92 Å². The summed E-state index contributed by atoms with van der Waals surface area (Å²) >= 11 is 0. The van der Waals surface area contributed by atoms with E-state index in [9.17, 15) is 0 Å². The Hall–Kier alpha value is -2.66. The number of hydrogen-bond donors (Lipinski definition) is 0. The standard InChI is InChI=1S/C22H26N4O/c1-17-6-8-19(9-7-17)26-13-10-18(11-14-26)25(2)16-20-15-22(24-27-20)21-5-3-4-12-23-21/h3-9,12,15,18H,10-11,13-14,16H2,1-2H3. The Morgan fingerprint density at radius 2 is 1.85 bits per heavy atom. The van der Waals surface area contributed by atoms with Crippen LogP contribution < -0.4 is 4.90 Å². The van der Waals surface area contributed by atoms with Gasteiger partial charge in [-0.2, -0.15) is 0 Å². The summed E-state index contributed by atoms with van der Waals surface area (Å²) in [4.78, 5) is 9.20. The summed E-state index contributed by atoms with van der Waals surface area (Å²) in [7, 11) is 2.18. The van der Waals surface area contributed by atoms with Gasteiger partial charge in [0, 0.05) is 37.1 Å². The Bertz CT molecular complexity index is 852. The van der Waals surface area contributed by atoms with E-state index >= 15 is 0 Å². The maximum atomic E-state index is 5.54. The average Bonchev–Trinajstić information content (AvgIpc) is 3.18. The lowest BCUT2D eigenvalue weighted by atomic mass is 10.0. The first-order valence-corrected chi connectivity index (χ1v) is 9.58. The molecule has 5 heteroatoms. The Morgan fingerprint density at radius 1 is 1.07 bits per heavy atom. The van der Waals surface area contributed by atoms with Gasteiger partial charge in [-0.25, -0.2) is 0 Å². The van der Waals surface area contributed by atoms with E-state index in [1.165, 1.54) is 11.3 Å². The third kappa shape index (κ3) is 4.19. The van der Waals surface area contributed by atoms with Gasteiger partial charge in [0.05, 0.1) is 12.2 Å². The van der Waals surface area contributed by atoms with Gasteiger partial charge in [-0.15, -0.1) is 0 Å². The highest BCUT2D eigenvalue weighted by Crippen LogP contribution is 2.24. The molecular weight excluding hydrogens is 336 g/mol. The lowest BCUT2D eigenvalue weighted by molar-refractivity contribution is 0.181. The number of benzene rings is 1. The van der Waals surface area contributed by atoms with E-state index in [1.54, 1.807) is 6.20 Å². The van der Waals surface area contributed by atoms with Crippen molar-refractivity contribution in [2.75, 3.05) is 25.0 Å². The van der Waals surface area contributed by atoms with Crippen LogP contribution >= 0.6 is 0 Å². The zero-order chi connectivity index (χ0) is 18.6. The molecule has 0 amide bonds. The van der Waals surface area contributed by atoms with Gasteiger partial charge in [0.2, 0.25) is 0 Å². The molecule has 4 rings (SSSR count). The van der Waals surface area contributed by atoms with Gasteiger partial charge in [-0.3, -0.25) is 9.88 Å². The van der Waals surface area contributed by atoms with Crippen LogP contribution in [0.3, 0.4) is 0 Å². The Labute approximate surface area is 160 Å². The molecule has 0 spiro atoms. The molecule has 0 atom stereocenters. The van der Waals surface area contributed by atoms with Crippen molar-refractivity contribution >= 4 is 5.69 Å². The maximum absolute atomic E-state index is 5.54. The Morgan fingerprint density at radius 3 is 2.56 bits per heavy atom. The predicted octanol–water partition coefficient (Wildman–Crippen LogP) is 4.15. The van der Waals surface area contributed by atoms with E-state index in [0.29, 0.717) is 6.04 Å². The summed E-state index contributed by atoms with van der Waals surface area (Å²) in [5.41, 5.74) is 4.29. The molecule has 0 saturated carbocycles. The Balaban J connectivity index is 1.33. The molecule has 140 valence electrons. The second-order valence-corrected chi connectivity index (χ2v) is 7.36. The number of anilines is 1. The van der Waals surface area contributed by atoms with Crippen LogP contribution in [0.1, 0.15) is 24.2 Å². The fraction of sp³-hybridized carbons (Fsp3) is 0.364. The largest absolute Gasteiger partial charge is 0.371 e. The summed E-state index contributed by atoms with van der Waals surface area (Å²) in [6, 6.07) is 17.2. The van der Waals surface area contributed by atoms with E-state index in [-0.39, 0.29) is 0 Å². The van der Waals surface area contributed by atoms with Crippen LogP contribution in [-0.4, -0.2) is 41.2 Å². The van der Waals surface area contributed by atoms with Gasteiger partial charge in [-0.1, -0.05) is 28.9 Å². The summed E-state index contributed by atoms with van der Waals surface area (Å²) in [6.45, 7) is 5.09. The van der Waals surface area contributed by atoms with E-state index in [1.807, 2.05) is 24.3 Å². The zero-order valence-electron chi connectivity index (χ0n) is 16.0. The van der Waals surface area contributed by atoms with Crippen molar-refractivity contribution in [2.24, 2.45) is 0 Å². The molecule has 1 saturated heterocycles. The van der Waals surface area contributed by atoms with Crippen molar-refractivity contribution in [1.29, 1.82) is 0 Å². The number of rotatable bonds is 5. The molecule has 0 radical (unpaired) electrons. The molecule has 0 aliphatic carbocycles. The van der Waals surface area contributed by atoms with Crippen molar-refractivity contribution in [3.05, 3.63) is 66.1 Å². The van der Waals surface area contributed by atoms with Crippen molar-refractivity contribution < 1.29 is 4.52 Å². The summed E-state index contributed by atoms with van der Waals surface area (Å²) < 4.78 is 5.54. The maximum Gasteiger partial charge on any atom is 0.151 e. The van der Waals surface area contributed by atoms with E-state index in [4.69, 9.17) is 4.52 Å². The van der Waals surface area contributed by atoms with Crippen LogP contribution in [0.5, 0.6) is 0 Å². The molecule has 3 aromatic rings. The number of nitrogens with zero attached hydrogens (tertiary/aromatic N) is 4. The monoisotopic (exact) mass is 362 g/mol.